The molecular formula is C20H24N8. The quantitative estimate of drug-likeness (QED) is 0.556. The second-order valence-corrected chi connectivity index (χ2v) is 7.14. The zero-order valence-electron chi connectivity index (χ0n) is 16.5. The summed E-state index contributed by atoms with van der Waals surface area (Å²) >= 11 is 0. The predicted octanol–water partition coefficient (Wildman–Crippen LogP) is 3.36. The van der Waals surface area contributed by atoms with Gasteiger partial charge in [-0.05, 0) is 11.5 Å². The van der Waals surface area contributed by atoms with Gasteiger partial charge in [0.15, 0.2) is 11.5 Å². The highest BCUT2D eigenvalue weighted by molar-refractivity contribution is 5.66. The highest BCUT2D eigenvalue weighted by atomic mass is 15.4. The fourth-order valence-corrected chi connectivity index (χ4v) is 3.13. The average molecular weight is 376 g/mol. The SMILES string of the molecule is CC(C)c1cnc2c(N(C)Cc3ccccc3)nc(Nc3ccnn3C)nn12. The third kappa shape index (κ3) is 3.40. The molecule has 0 bridgehead atoms. The van der Waals surface area contributed by atoms with Crippen molar-refractivity contribution in [3.8, 4) is 0 Å². The Labute approximate surface area is 163 Å². The van der Waals surface area contributed by atoms with E-state index in [2.05, 4.69) is 51.4 Å². The molecule has 0 aliphatic heterocycles. The van der Waals surface area contributed by atoms with Crippen molar-refractivity contribution >= 4 is 23.2 Å². The van der Waals surface area contributed by atoms with Crippen LogP contribution < -0.4 is 10.2 Å². The molecule has 0 saturated carbocycles. The van der Waals surface area contributed by atoms with Gasteiger partial charge in [-0.25, -0.2) is 9.50 Å². The van der Waals surface area contributed by atoms with Crippen LogP contribution in [0.15, 0.2) is 48.8 Å². The molecule has 0 spiro atoms. The van der Waals surface area contributed by atoms with Crippen molar-refractivity contribution in [3.05, 3.63) is 60.0 Å². The van der Waals surface area contributed by atoms with E-state index in [1.165, 1.54) is 5.56 Å². The van der Waals surface area contributed by atoms with Crippen LogP contribution in [0.2, 0.25) is 0 Å². The van der Waals surface area contributed by atoms with Crippen molar-refractivity contribution in [2.75, 3.05) is 17.3 Å². The first-order valence-corrected chi connectivity index (χ1v) is 9.28. The van der Waals surface area contributed by atoms with Gasteiger partial charge in [0, 0.05) is 26.7 Å². The van der Waals surface area contributed by atoms with Crippen molar-refractivity contribution < 1.29 is 0 Å². The number of hydrogen-bond donors (Lipinski definition) is 1. The number of fused-ring (bicyclic) bond motifs is 1. The van der Waals surface area contributed by atoms with Crippen LogP contribution in [0.5, 0.6) is 0 Å². The molecular weight excluding hydrogens is 352 g/mol. The minimum Gasteiger partial charge on any atom is -0.352 e. The maximum atomic E-state index is 4.76. The minimum atomic E-state index is 0.293. The lowest BCUT2D eigenvalue weighted by atomic mass is 10.2. The average Bonchev–Trinajstić information content (AvgIpc) is 3.28. The molecule has 0 amide bonds. The number of anilines is 3. The van der Waals surface area contributed by atoms with E-state index in [9.17, 15) is 0 Å². The number of nitrogens with zero attached hydrogens (tertiary/aromatic N) is 7. The second-order valence-electron chi connectivity index (χ2n) is 7.14. The molecule has 0 aliphatic rings. The summed E-state index contributed by atoms with van der Waals surface area (Å²) in [5, 5.41) is 12.1. The largest absolute Gasteiger partial charge is 0.352 e. The van der Waals surface area contributed by atoms with Gasteiger partial charge in [-0.2, -0.15) is 10.1 Å². The lowest BCUT2D eigenvalue weighted by molar-refractivity contribution is 0.745. The van der Waals surface area contributed by atoms with Crippen LogP contribution in [0.4, 0.5) is 17.6 Å². The standard InChI is InChI=1S/C20H24N8/c1-14(2)16-12-21-18-19(26(3)13-15-8-6-5-7-9-15)24-20(25-28(16)18)23-17-10-11-22-27(17)4/h5-12,14H,13H2,1-4H3,(H,23,25). The summed E-state index contributed by atoms with van der Waals surface area (Å²) in [4.78, 5) is 11.5. The first-order chi connectivity index (χ1) is 13.5. The molecule has 1 N–H and O–H groups in total. The minimum absolute atomic E-state index is 0.293. The number of hydrogen-bond acceptors (Lipinski definition) is 6. The van der Waals surface area contributed by atoms with Crippen LogP contribution in [0.25, 0.3) is 5.65 Å². The molecule has 0 aliphatic carbocycles. The van der Waals surface area contributed by atoms with Crippen molar-refractivity contribution in [3.63, 3.8) is 0 Å². The summed E-state index contributed by atoms with van der Waals surface area (Å²) in [5.41, 5.74) is 3.00. The molecule has 3 heterocycles. The summed E-state index contributed by atoms with van der Waals surface area (Å²) < 4.78 is 3.63. The molecule has 0 fully saturated rings. The van der Waals surface area contributed by atoms with Crippen molar-refractivity contribution in [1.82, 2.24) is 29.4 Å². The Balaban J connectivity index is 1.78. The molecule has 28 heavy (non-hydrogen) atoms. The molecule has 4 rings (SSSR count). The first-order valence-electron chi connectivity index (χ1n) is 9.28. The number of rotatable bonds is 6. The summed E-state index contributed by atoms with van der Waals surface area (Å²) in [6.45, 7) is 4.99. The fraction of sp³-hybridized carbons (Fsp3) is 0.300. The van der Waals surface area contributed by atoms with Gasteiger partial charge < -0.3 is 10.2 Å². The third-order valence-corrected chi connectivity index (χ3v) is 4.65. The summed E-state index contributed by atoms with van der Waals surface area (Å²) in [6.07, 6.45) is 3.61. The molecule has 144 valence electrons. The third-order valence-electron chi connectivity index (χ3n) is 4.65. The molecule has 4 aromatic rings. The molecule has 3 aromatic heterocycles. The van der Waals surface area contributed by atoms with Gasteiger partial charge >= 0.3 is 0 Å². The van der Waals surface area contributed by atoms with Crippen LogP contribution in [-0.4, -0.2) is 36.4 Å². The van der Waals surface area contributed by atoms with E-state index >= 15 is 0 Å². The normalized spacial score (nSPS) is 11.3. The highest BCUT2D eigenvalue weighted by Crippen LogP contribution is 2.25. The van der Waals surface area contributed by atoms with Crippen LogP contribution in [0.1, 0.15) is 31.0 Å². The Bertz CT molecular complexity index is 1080. The van der Waals surface area contributed by atoms with Crippen LogP contribution in [0.3, 0.4) is 0 Å². The number of aromatic nitrogens is 6. The van der Waals surface area contributed by atoms with Crippen molar-refractivity contribution in [2.24, 2.45) is 7.05 Å². The molecule has 0 atom stereocenters. The fourth-order valence-electron chi connectivity index (χ4n) is 3.13. The van der Waals surface area contributed by atoms with E-state index in [0.29, 0.717) is 11.9 Å². The van der Waals surface area contributed by atoms with Gasteiger partial charge in [-0.3, -0.25) is 4.68 Å². The summed E-state index contributed by atoms with van der Waals surface area (Å²) in [5.74, 6) is 2.39. The van der Waals surface area contributed by atoms with Gasteiger partial charge in [-0.15, -0.1) is 5.10 Å². The lowest BCUT2D eigenvalue weighted by Gasteiger charge is -2.20. The van der Waals surface area contributed by atoms with Gasteiger partial charge in [0.2, 0.25) is 5.95 Å². The van der Waals surface area contributed by atoms with Crippen LogP contribution in [-0.2, 0) is 13.6 Å². The molecule has 0 saturated heterocycles. The van der Waals surface area contributed by atoms with E-state index in [1.54, 1.807) is 10.9 Å². The monoisotopic (exact) mass is 376 g/mol. The molecule has 1 aromatic carbocycles. The second kappa shape index (κ2) is 7.30. The smallest absolute Gasteiger partial charge is 0.248 e. The lowest BCUT2D eigenvalue weighted by Crippen LogP contribution is -2.20. The van der Waals surface area contributed by atoms with Gasteiger partial charge in [0.1, 0.15) is 5.82 Å². The molecule has 0 unspecified atom stereocenters. The Kier molecular flexibility index (Phi) is 4.68. The van der Waals surface area contributed by atoms with Crippen LogP contribution >= 0.6 is 0 Å². The Hall–Kier alpha value is -3.42. The predicted molar refractivity (Wildman–Crippen MR) is 110 cm³/mol. The van der Waals surface area contributed by atoms with Crippen molar-refractivity contribution in [1.29, 1.82) is 0 Å². The maximum absolute atomic E-state index is 4.76. The molecule has 0 radical (unpaired) electrons. The molecule has 8 nitrogen and oxygen atoms in total. The maximum Gasteiger partial charge on any atom is 0.248 e. The Morgan fingerprint density at radius 2 is 1.93 bits per heavy atom. The van der Waals surface area contributed by atoms with E-state index in [1.807, 2.05) is 49.1 Å². The number of imidazole rings is 1. The molecule has 8 heteroatoms. The first kappa shape index (κ1) is 18.0. The summed E-state index contributed by atoms with van der Waals surface area (Å²) in [7, 11) is 3.90. The van der Waals surface area contributed by atoms with E-state index < -0.39 is 0 Å². The van der Waals surface area contributed by atoms with Gasteiger partial charge in [0.25, 0.3) is 0 Å². The van der Waals surface area contributed by atoms with Crippen LogP contribution in [0, 0.1) is 0 Å². The zero-order valence-corrected chi connectivity index (χ0v) is 16.5. The zero-order chi connectivity index (χ0) is 19.7. The van der Waals surface area contributed by atoms with E-state index in [-0.39, 0.29) is 0 Å². The summed E-state index contributed by atoms with van der Waals surface area (Å²) in [6, 6.07) is 12.2. The Morgan fingerprint density at radius 1 is 1.14 bits per heavy atom. The van der Waals surface area contributed by atoms with E-state index in [0.717, 1.165) is 29.5 Å². The highest BCUT2D eigenvalue weighted by Gasteiger charge is 2.18. The van der Waals surface area contributed by atoms with E-state index in [4.69, 9.17) is 4.98 Å². The Morgan fingerprint density at radius 3 is 2.61 bits per heavy atom. The number of benzene rings is 1. The van der Waals surface area contributed by atoms with Crippen molar-refractivity contribution in [2.45, 2.75) is 26.3 Å². The number of nitrogens with one attached hydrogen (secondary N) is 1. The topological polar surface area (TPSA) is 76.2 Å². The van der Waals surface area contributed by atoms with Gasteiger partial charge in [0.05, 0.1) is 18.1 Å². The number of aryl methyl sites for hydroxylation is 1. The van der Waals surface area contributed by atoms with Gasteiger partial charge in [-0.1, -0.05) is 44.2 Å².